The molecule has 8 aliphatic rings. The fraction of sp³-hybridized carbons (Fsp3) is 0.276. The van der Waals surface area contributed by atoms with Gasteiger partial charge in [0.1, 0.15) is 48.8 Å². The molecule has 0 aromatic heterocycles. The quantitative estimate of drug-likeness (QED) is 0.0542. The van der Waals surface area contributed by atoms with E-state index in [-0.39, 0.29) is 96.8 Å². The van der Waals surface area contributed by atoms with E-state index in [4.69, 9.17) is 171 Å². The topological polar surface area (TPSA) is 350 Å². The Morgan fingerprint density at radius 1 is 0.216 bits per heavy atom. The second-order valence-electron chi connectivity index (χ2n) is 36.5. The predicted molar refractivity (Wildman–Crippen MR) is 550 cm³/mol. The highest BCUT2D eigenvalue weighted by Crippen LogP contribution is 2.51. The molecule has 4 aliphatic carbocycles. The number of nitriles is 4. The van der Waals surface area contributed by atoms with Gasteiger partial charge in [0.05, 0.1) is 70.7 Å². The van der Waals surface area contributed by atoms with E-state index in [9.17, 15) is 19.2 Å². The van der Waals surface area contributed by atoms with Crippen LogP contribution in [0.1, 0.15) is 189 Å². The molecule has 20 rings (SSSR count). The number of carbonyl (C=O) groups is 4. The lowest BCUT2D eigenvalue weighted by Crippen LogP contribution is -2.52. The smallest absolute Gasteiger partial charge is 0.358 e. The zero-order valence-corrected chi connectivity index (χ0v) is 85.4. The Morgan fingerprint density at radius 3 is 0.480 bits per heavy atom. The molecule has 4 saturated carbocycles. The molecule has 0 spiro atoms. The van der Waals surface area contributed by atoms with E-state index in [2.05, 4.69) is 24.3 Å². The minimum atomic E-state index is -0.615. The summed E-state index contributed by atoms with van der Waals surface area (Å²) in [5.41, 5.74) is 14.1. The van der Waals surface area contributed by atoms with Crippen LogP contribution in [0.3, 0.4) is 0 Å². The second kappa shape index (κ2) is 54.7. The maximum Gasteiger partial charge on any atom is 0.373 e. The molecular weight excluding hydrogens is 2040 g/mol. The van der Waals surface area contributed by atoms with Crippen LogP contribution in [0.25, 0.3) is 0 Å². The molecule has 0 radical (unpaired) electrons. The van der Waals surface area contributed by atoms with Crippen molar-refractivity contribution >= 4 is 141 Å². The van der Waals surface area contributed by atoms with Crippen LogP contribution in [0.4, 0.5) is 0 Å². The lowest BCUT2D eigenvalue weighted by atomic mass is 9.90. The molecule has 4 saturated heterocycles. The summed E-state index contributed by atoms with van der Waals surface area (Å²) in [7, 11) is 0. The molecule has 12 atom stereocenters. The van der Waals surface area contributed by atoms with E-state index in [0.29, 0.717) is 138 Å². The standard InChI is InChI=1S/4C28H24Cl2N2O2.4CO2/c4*29-23-11-7-21(8-12-23)26-27(22-9-13-24(30)14-10-22)34-25(28(33)32(26)17-20-5-6-20)15-18-1-3-19(16-31)4-2-18;4*2-1-3/h4*1-4,7-14,20,25-27H,5-6,15,17H2;;;;/t4*25-,26+,27-;;;;/m1100..../s1. The van der Waals surface area contributed by atoms with Crippen LogP contribution in [0.2, 0.25) is 40.2 Å². The molecule has 12 aromatic carbocycles. The Bertz CT molecular complexity index is 6000. The van der Waals surface area contributed by atoms with Crippen LogP contribution in [-0.4, -0.2) is 118 Å². The largest absolute Gasteiger partial charge is 0.373 e. The number of amides is 4. The number of nitrogens with zero attached hydrogens (tertiary/aromatic N) is 8. The van der Waals surface area contributed by atoms with Gasteiger partial charge in [-0.25, -0.2) is 0 Å². The van der Waals surface area contributed by atoms with Crippen molar-refractivity contribution in [3.05, 3.63) is 420 Å². The average Bonchev–Trinajstić information content (AvgIpc) is 1.22. The number of morpholine rings is 4. The molecular formula is C116H96Cl8N8O16. The van der Waals surface area contributed by atoms with E-state index in [1.807, 2.05) is 262 Å². The highest BCUT2D eigenvalue weighted by molar-refractivity contribution is 6.32. The number of hydrogen-bond acceptors (Lipinski definition) is 20. The maximum atomic E-state index is 13.8. The van der Waals surface area contributed by atoms with Gasteiger partial charge in [-0.2, -0.15) is 59.4 Å². The number of ether oxygens (including phenoxy) is 4. The summed E-state index contributed by atoms with van der Waals surface area (Å²) in [6.07, 6.45) is 8.08. The van der Waals surface area contributed by atoms with Crippen LogP contribution in [-0.2, 0) is 102 Å². The first kappa shape index (κ1) is 111. The molecule has 0 N–H and O–H groups in total. The van der Waals surface area contributed by atoms with Crippen LogP contribution in [0, 0.1) is 69.0 Å². The number of halogens is 8. The molecule has 32 heteroatoms. The van der Waals surface area contributed by atoms with Crippen molar-refractivity contribution in [3.63, 3.8) is 0 Å². The van der Waals surface area contributed by atoms with Crippen LogP contribution >= 0.6 is 92.8 Å². The highest BCUT2D eigenvalue weighted by Gasteiger charge is 2.51. The van der Waals surface area contributed by atoms with Gasteiger partial charge in [-0.1, -0.05) is 238 Å². The van der Waals surface area contributed by atoms with Gasteiger partial charge in [0, 0.05) is 92.0 Å². The highest BCUT2D eigenvalue weighted by atomic mass is 35.5. The second-order valence-corrected chi connectivity index (χ2v) is 40.0. The SMILES string of the molecule is N#Cc1ccc(C[C@@H]2O[C@@H](c3ccc(Cl)cc3)[C@@H](c3ccc(Cl)cc3)N(CC3CC3)C2=O)cc1.N#Cc1ccc(C[C@@H]2O[C@@H](c3ccc(Cl)cc3)[C@@H](c3ccc(Cl)cc3)N(CC3CC3)C2=O)cc1.N#Cc1ccc(C[C@H]2O[C@H](c3ccc(Cl)cc3)[C@H](c3ccc(Cl)cc3)N(CC3CC3)C2=O)cc1.N#Cc1ccc(C[C@H]2O[C@H](c3ccc(Cl)cc3)[C@H](c3ccc(Cl)cc3)N(CC3CC3)C2=O)cc1.O=C=O.O=C=O.O=C=O.O=C=O. The molecule has 0 unspecified atom stereocenters. The summed E-state index contributed by atoms with van der Waals surface area (Å²) in [4.78, 5) is 128. The summed E-state index contributed by atoms with van der Waals surface area (Å²) < 4.78 is 26.3. The molecule has 752 valence electrons. The van der Waals surface area contributed by atoms with Crippen molar-refractivity contribution in [1.29, 1.82) is 21.0 Å². The Morgan fingerprint density at radius 2 is 0.351 bits per heavy atom. The van der Waals surface area contributed by atoms with E-state index in [0.717, 1.165) is 118 Å². The van der Waals surface area contributed by atoms with Gasteiger partial charge in [-0.05, 0) is 287 Å². The van der Waals surface area contributed by atoms with Gasteiger partial charge >= 0.3 is 24.6 Å². The summed E-state index contributed by atoms with van der Waals surface area (Å²) >= 11 is 49.3. The summed E-state index contributed by atoms with van der Waals surface area (Å²) in [6, 6.07) is 98.2. The number of carbonyl (C=O) groups excluding carboxylic acids is 12. The lowest BCUT2D eigenvalue weighted by Gasteiger charge is -2.45. The first-order valence-electron chi connectivity index (χ1n) is 47.5. The molecule has 148 heavy (non-hydrogen) atoms. The van der Waals surface area contributed by atoms with Gasteiger partial charge in [-0.15, -0.1) is 0 Å². The molecule has 4 amide bonds. The molecule has 12 aromatic rings. The molecule has 4 aliphatic heterocycles. The first-order chi connectivity index (χ1) is 71.7. The summed E-state index contributed by atoms with van der Waals surface area (Å²) in [6.45, 7) is 2.85. The Balaban J connectivity index is 0.000000159. The zero-order valence-electron chi connectivity index (χ0n) is 79.4. The molecule has 8 fully saturated rings. The molecule has 24 nitrogen and oxygen atoms in total. The first-order valence-corrected chi connectivity index (χ1v) is 50.6. The van der Waals surface area contributed by atoms with Crippen molar-refractivity contribution in [2.45, 2.75) is 150 Å². The van der Waals surface area contributed by atoms with Crippen molar-refractivity contribution in [2.24, 2.45) is 23.7 Å². The van der Waals surface area contributed by atoms with Crippen LogP contribution in [0.5, 0.6) is 0 Å². The molecule has 0 bridgehead atoms. The number of hydrogen-bond donors (Lipinski definition) is 0. The third-order valence-corrected chi connectivity index (χ3v) is 28.2. The maximum absolute atomic E-state index is 13.8. The van der Waals surface area contributed by atoms with Crippen molar-refractivity contribution in [3.8, 4) is 24.3 Å². The third kappa shape index (κ3) is 31.2. The van der Waals surface area contributed by atoms with E-state index < -0.39 is 24.4 Å². The fourth-order valence-corrected chi connectivity index (χ4v) is 19.3. The van der Waals surface area contributed by atoms with Crippen LogP contribution in [0.15, 0.2) is 291 Å². The molecule has 4 heterocycles. The van der Waals surface area contributed by atoms with Gasteiger partial charge in [-0.3, -0.25) is 19.2 Å². The lowest BCUT2D eigenvalue weighted by molar-refractivity contribution is -0.193. The number of benzene rings is 12. The normalized spacial score (nSPS) is 20.8. The van der Waals surface area contributed by atoms with Gasteiger partial charge in [0.15, 0.2) is 0 Å². The van der Waals surface area contributed by atoms with Gasteiger partial charge in [0.2, 0.25) is 0 Å². The van der Waals surface area contributed by atoms with E-state index in [1.165, 1.54) is 0 Å². The van der Waals surface area contributed by atoms with Gasteiger partial charge < -0.3 is 38.5 Å². The third-order valence-electron chi connectivity index (χ3n) is 26.2. The van der Waals surface area contributed by atoms with Crippen molar-refractivity contribution in [2.75, 3.05) is 26.2 Å². The fourth-order valence-electron chi connectivity index (χ4n) is 18.3. The summed E-state index contributed by atoms with van der Waals surface area (Å²) in [5, 5.41) is 41.6. The minimum Gasteiger partial charge on any atom is -0.358 e. The monoisotopic (exact) mass is 2140 g/mol. The Hall–Kier alpha value is -13.8. The zero-order chi connectivity index (χ0) is 105. The van der Waals surface area contributed by atoms with E-state index >= 15 is 0 Å². The van der Waals surface area contributed by atoms with E-state index in [1.54, 1.807) is 48.5 Å². The Labute approximate surface area is 896 Å². The minimum absolute atomic E-state index is 0.00132. The van der Waals surface area contributed by atoms with Crippen molar-refractivity contribution in [1.82, 2.24) is 19.6 Å². The van der Waals surface area contributed by atoms with Crippen LogP contribution < -0.4 is 0 Å². The van der Waals surface area contributed by atoms with Gasteiger partial charge in [0.25, 0.3) is 23.6 Å². The Kier molecular flexibility index (Phi) is 41.2. The summed E-state index contributed by atoms with van der Waals surface area (Å²) in [5.74, 6) is 2.11. The van der Waals surface area contributed by atoms with Crippen molar-refractivity contribution < 1.29 is 76.5 Å². The average molecular weight is 2140 g/mol. The predicted octanol–water partition coefficient (Wildman–Crippen LogP) is 23.8. The number of rotatable bonds is 24.